The van der Waals surface area contributed by atoms with Crippen LogP contribution >= 0.6 is 8.03 Å². The number of carbonyl (C=O) groups excluding carboxylic acids is 1. The van der Waals surface area contributed by atoms with Crippen LogP contribution in [0.2, 0.25) is 0 Å². The molecule has 0 fully saturated rings. The highest BCUT2D eigenvalue weighted by atomic mass is 31.1. The Kier molecular flexibility index (Phi) is 6.26. The molecule has 4 nitrogen and oxygen atoms in total. The third-order valence-electron chi connectivity index (χ3n) is 3.27. The van der Waals surface area contributed by atoms with Gasteiger partial charge in [0.1, 0.15) is 6.61 Å². The summed E-state index contributed by atoms with van der Waals surface area (Å²) in [6.07, 6.45) is 0.320. The first-order valence-electron chi connectivity index (χ1n) is 7.04. The number of benzene rings is 2. The Morgan fingerprint density at radius 2 is 1.55 bits per heavy atom. The molecule has 0 spiro atoms. The van der Waals surface area contributed by atoms with Gasteiger partial charge >= 0.3 is 14.0 Å². The normalized spacial score (nSPS) is 12.5. The van der Waals surface area contributed by atoms with E-state index in [0.29, 0.717) is 6.42 Å². The van der Waals surface area contributed by atoms with Gasteiger partial charge < -0.3 is 4.74 Å². The number of hydrogen-bond donors (Lipinski definition) is 1. The average Bonchev–Trinajstić information content (AvgIpc) is 2.54. The largest absolute Gasteiger partial charge is 0.509 e. The third-order valence-corrected chi connectivity index (χ3v) is 4.26. The lowest BCUT2D eigenvalue weighted by atomic mass is 10.1. The molecule has 2 aromatic carbocycles. The van der Waals surface area contributed by atoms with Gasteiger partial charge in [-0.2, -0.15) is 4.89 Å². The van der Waals surface area contributed by atoms with Gasteiger partial charge in [-0.1, -0.05) is 60.7 Å². The van der Waals surface area contributed by atoms with Crippen LogP contribution in [-0.2, 0) is 27.1 Å². The second-order valence-corrected chi connectivity index (χ2v) is 6.33. The van der Waals surface area contributed by atoms with Crippen molar-refractivity contribution in [1.82, 2.24) is 0 Å². The predicted octanol–water partition coefficient (Wildman–Crippen LogP) is 3.47. The van der Waals surface area contributed by atoms with Gasteiger partial charge in [-0.15, -0.1) is 0 Å². The van der Waals surface area contributed by atoms with Gasteiger partial charge in [-0.3, -0.25) is 4.79 Å². The molecular formula is C17H18O4P+. The highest BCUT2D eigenvalue weighted by Crippen LogP contribution is 2.29. The summed E-state index contributed by atoms with van der Waals surface area (Å²) in [6, 6.07) is 18.7. The Hall–Kier alpha value is -2.03. The maximum atomic E-state index is 11.9. The van der Waals surface area contributed by atoms with Crippen molar-refractivity contribution in [2.45, 2.75) is 25.1 Å². The zero-order chi connectivity index (χ0) is 15.8. The summed E-state index contributed by atoms with van der Waals surface area (Å²) in [5.41, 5.74) is 1.20. The average molecular weight is 317 g/mol. The smallest absolute Gasteiger partial charge is 0.461 e. The Morgan fingerprint density at radius 1 is 1.00 bits per heavy atom. The highest BCUT2D eigenvalue weighted by molar-refractivity contribution is 7.39. The zero-order valence-electron chi connectivity index (χ0n) is 12.1. The van der Waals surface area contributed by atoms with E-state index in [9.17, 15) is 14.3 Å². The van der Waals surface area contributed by atoms with Crippen LogP contribution in [0.3, 0.4) is 0 Å². The van der Waals surface area contributed by atoms with E-state index in [2.05, 4.69) is 0 Å². The summed E-state index contributed by atoms with van der Waals surface area (Å²) >= 11 is 0. The van der Waals surface area contributed by atoms with Crippen LogP contribution in [-0.4, -0.2) is 16.5 Å². The maximum Gasteiger partial charge on any atom is 0.509 e. The molecule has 1 unspecified atom stereocenters. The summed E-state index contributed by atoms with van der Waals surface area (Å²) < 4.78 is 16.6. The molecule has 0 aromatic heterocycles. The monoisotopic (exact) mass is 317 g/mol. The molecule has 0 saturated heterocycles. The molecule has 22 heavy (non-hydrogen) atoms. The lowest BCUT2D eigenvalue weighted by Gasteiger charge is -2.07. The van der Waals surface area contributed by atoms with Crippen molar-refractivity contribution in [2.75, 3.05) is 0 Å². The number of ether oxygens (including phenoxy) is 1. The van der Waals surface area contributed by atoms with E-state index in [1.165, 1.54) is 0 Å². The van der Waals surface area contributed by atoms with Gasteiger partial charge in [0.25, 0.3) is 0 Å². The van der Waals surface area contributed by atoms with Crippen molar-refractivity contribution in [3.63, 3.8) is 0 Å². The topological polar surface area (TPSA) is 63.6 Å². The fourth-order valence-electron chi connectivity index (χ4n) is 2.10. The van der Waals surface area contributed by atoms with E-state index >= 15 is 0 Å². The van der Waals surface area contributed by atoms with E-state index < -0.39 is 19.7 Å². The zero-order valence-corrected chi connectivity index (χ0v) is 13.0. The first-order valence-corrected chi connectivity index (χ1v) is 8.32. The third kappa shape index (κ3) is 5.40. The molecule has 0 bridgehead atoms. The van der Waals surface area contributed by atoms with Crippen molar-refractivity contribution < 1.29 is 19.0 Å². The molecule has 0 aliphatic heterocycles. The Balaban J connectivity index is 1.88. The maximum absolute atomic E-state index is 11.9. The molecule has 1 N–H and O–H groups in total. The van der Waals surface area contributed by atoms with Crippen LogP contribution in [0.4, 0.5) is 0 Å². The predicted molar refractivity (Wildman–Crippen MR) is 84.6 cm³/mol. The molecule has 2 atom stereocenters. The van der Waals surface area contributed by atoms with E-state index in [4.69, 9.17) is 4.74 Å². The second-order valence-electron chi connectivity index (χ2n) is 5.00. The second kappa shape index (κ2) is 8.42. The molecule has 2 rings (SSSR count). The van der Waals surface area contributed by atoms with Crippen LogP contribution < -0.4 is 0 Å². The van der Waals surface area contributed by atoms with Gasteiger partial charge in [0, 0.05) is 6.42 Å². The van der Waals surface area contributed by atoms with E-state index in [1.54, 1.807) is 0 Å². The van der Waals surface area contributed by atoms with Gasteiger partial charge in [0.05, 0.1) is 6.42 Å². The number of esters is 1. The van der Waals surface area contributed by atoms with Crippen molar-refractivity contribution in [1.29, 1.82) is 0 Å². The molecule has 2 aromatic rings. The van der Waals surface area contributed by atoms with Gasteiger partial charge in [-0.25, -0.2) is 0 Å². The quantitative estimate of drug-likeness (QED) is 0.627. The number of rotatable bonds is 7. The van der Waals surface area contributed by atoms with Crippen molar-refractivity contribution >= 4 is 14.0 Å². The van der Waals surface area contributed by atoms with Crippen LogP contribution in [0.15, 0.2) is 60.7 Å². The first-order chi connectivity index (χ1) is 10.6. The molecule has 0 amide bonds. The molecule has 0 radical (unpaired) electrons. The van der Waals surface area contributed by atoms with Crippen molar-refractivity contribution in [2.24, 2.45) is 0 Å². The molecule has 114 valence electrons. The molecule has 0 aliphatic rings. The Morgan fingerprint density at radius 3 is 2.09 bits per heavy atom. The molecule has 5 heteroatoms. The lowest BCUT2D eigenvalue weighted by molar-refractivity contribution is -0.145. The van der Waals surface area contributed by atoms with E-state index in [-0.39, 0.29) is 13.0 Å². The minimum atomic E-state index is -2.44. The van der Waals surface area contributed by atoms with Crippen molar-refractivity contribution in [3.05, 3.63) is 71.8 Å². The molecule has 0 saturated carbocycles. The van der Waals surface area contributed by atoms with Crippen LogP contribution in [0.1, 0.15) is 17.5 Å². The van der Waals surface area contributed by atoms with Gasteiger partial charge in [0.15, 0.2) is 0 Å². The first kappa shape index (κ1) is 16.3. The molecule has 0 aliphatic carbocycles. The minimum Gasteiger partial charge on any atom is -0.461 e. The van der Waals surface area contributed by atoms with Crippen LogP contribution in [0, 0.1) is 0 Å². The van der Waals surface area contributed by atoms with E-state index in [1.807, 2.05) is 60.7 Å². The highest BCUT2D eigenvalue weighted by Gasteiger charge is 2.32. The molecule has 0 heterocycles. The molecular weight excluding hydrogens is 299 g/mol. The van der Waals surface area contributed by atoms with Crippen LogP contribution in [0.5, 0.6) is 0 Å². The summed E-state index contributed by atoms with van der Waals surface area (Å²) in [5.74, 6) is -0.456. The minimum absolute atomic E-state index is 0.0621. The SMILES string of the molecule is O=C(C[C@@H](Cc1ccccc1)[P+](=O)O)OCc1ccccc1. The lowest BCUT2D eigenvalue weighted by Crippen LogP contribution is -2.15. The van der Waals surface area contributed by atoms with Crippen molar-refractivity contribution in [3.8, 4) is 0 Å². The Bertz CT molecular complexity index is 613. The Labute approximate surface area is 130 Å². The standard InChI is InChI=1S/C17H17O4P/c18-17(21-13-15-9-5-2-6-10-15)12-16(22(19)20)11-14-7-3-1-4-8-14/h1-10,16H,11-13H2/p+1/t16-/m1/s1. The number of carbonyl (C=O) groups is 1. The number of hydrogen-bond acceptors (Lipinski definition) is 3. The summed E-state index contributed by atoms with van der Waals surface area (Å²) in [5, 5.41) is 0. The fourth-order valence-corrected chi connectivity index (χ4v) is 2.78. The summed E-state index contributed by atoms with van der Waals surface area (Å²) in [6.45, 7) is 0.180. The van der Waals surface area contributed by atoms with E-state index in [0.717, 1.165) is 11.1 Å². The van der Waals surface area contributed by atoms with Gasteiger partial charge in [-0.05, 0) is 15.7 Å². The summed E-state index contributed by atoms with van der Waals surface area (Å²) in [7, 11) is -2.44. The summed E-state index contributed by atoms with van der Waals surface area (Å²) in [4.78, 5) is 21.3. The fraction of sp³-hybridized carbons (Fsp3) is 0.235. The van der Waals surface area contributed by atoms with Crippen LogP contribution in [0.25, 0.3) is 0 Å². The van der Waals surface area contributed by atoms with Gasteiger partial charge in [0.2, 0.25) is 5.66 Å².